The molecule has 1 aromatic heterocycles. The lowest BCUT2D eigenvalue weighted by atomic mass is 9.93. The highest BCUT2D eigenvalue weighted by Gasteiger charge is 2.48. The second-order valence-corrected chi connectivity index (χ2v) is 9.19. The Morgan fingerprint density at radius 1 is 1.14 bits per heavy atom. The highest BCUT2D eigenvalue weighted by molar-refractivity contribution is 6.30. The molecule has 2 heterocycles. The number of halogens is 1. The van der Waals surface area contributed by atoms with Crippen molar-refractivity contribution < 1.29 is 19.1 Å². The van der Waals surface area contributed by atoms with E-state index in [1.807, 2.05) is 43.3 Å². The molecule has 2 amide bonds. The van der Waals surface area contributed by atoms with E-state index in [4.69, 9.17) is 16.3 Å². The molecule has 0 radical (unpaired) electrons. The number of carbonyl (C=O) groups is 3. The number of nitrogens with one attached hydrogen (secondary N) is 1. The van der Waals surface area contributed by atoms with Crippen LogP contribution in [0, 0.1) is 6.92 Å². The standard InChI is InChI=1S/C26H27ClN4O4/c1-4-35-24(33)21-13-22-23(32)30(15-19-7-5-6-17(2)12-19)26(3,16-31(22)29-21)25(34)28-14-18-8-10-20(27)11-9-18/h5-13H,4,14-16H2,1-3H3,(H,28,34). The normalized spacial score (nSPS) is 17.1. The molecule has 182 valence electrons. The minimum Gasteiger partial charge on any atom is -0.461 e. The molecule has 0 fully saturated rings. The number of hydrogen-bond acceptors (Lipinski definition) is 5. The van der Waals surface area contributed by atoms with Gasteiger partial charge in [0.25, 0.3) is 5.91 Å². The van der Waals surface area contributed by atoms with Crippen LogP contribution in [0.2, 0.25) is 5.02 Å². The van der Waals surface area contributed by atoms with Gasteiger partial charge in [-0.2, -0.15) is 5.10 Å². The van der Waals surface area contributed by atoms with Gasteiger partial charge in [0.2, 0.25) is 5.91 Å². The zero-order valence-electron chi connectivity index (χ0n) is 19.9. The monoisotopic (exact) mass is 494 g/mol. The van der Waals surface area contributed by atoms with Crippen molar-refractivity contribution in [3.63, 3.8) is 0 Å². The van der Waals surface area contributed by atoms with Crippen LogP contribution in [-0.4, -0.2) is 44.6 Å². The van der Waals surface area contributed by atoms with Gasteiger partial charge in [-0.05, 0) is 44.0 Å². The molecule has 1 aliphatic heterocycles. The summed E-state index contributed by atoms with van der Waals surface area (Å²) in [6.07, 6.45) is 0. The lowest BCUT2D eigenvalue weighted by Crippen LogP contribution is -2.63. The van der Waals surface area contributed by atoms with Crippen LogP contribution < -0.4 is 5.32 Å². The maximum absolute atomic E-state index is 13.6. The van der Waals surface area contributed by atoms with Crippen LogP contribution in [0.5, 0.6) is 0 Å². The van der Waals surface area contributed by atoms with E-state index in [0.717, 1.165) is 16.7 Å². The Kier molecular flexibility index (Phi) is 6.93. The molecule has 0 aliphatic carbocycles. The molecule has 35 heavy (non-hydrogen) atoms. The Morgan fingerprint density at radius 2 is 1.89 bits per heavy atom. The summed E-state index contributed by atoms with van der Waals surface area (Å²) < 4.78 is 6.46. The zero-order valence-corrected chi connectivity index (χ0v) is 20.6. The van der Waals surface area contributed by atoms with E-state index in [-0.39, 0.29) is 49.4 Å². The van der Waals surface area contributed by atoms with Crippen molar-refractivity contribution in [2.75, 3.05) is 6.61 Å². The van der Waals surface area contributed by atoms with Gasteiger partial charge in [-0.1, -0.05) is 53.6 Å². The van der Waals surface area contributed by atoms with E-state index < -0.39 is 11.5 Å². The molecule has 1 atom stereocenters. The fourth-order valence-electron chi connectivity index (χ4n) is 4.16. The predicted molar refractivity (Wildman–Crippen MR) is 131 cm³/mol. The number of ether oxygens (including phenoxy) is 1. The Balaban J connectivity index is 1.67. The molecular weight excluding hydrogens is 468 g/mol. The summed E-state index contributed by atoms with van der Waals surface area (Å²) in [6.45, 7) is 6.17. The number of carbonyl (C=O) groups excluding carboxylic acids is 3. The molecular formula is C26H27ClN4O4. The molecule has 9 heteroatoms. The van der Waals surface area contributed by atoms with Gasteiger partial charge in [-0.3, -0.25) is 14.3 Å². The molecule has 0 spiro atoms. The average Bonchev–Trinajstić information content (AvgIpc) is 3.25. The number of amides is 2. The van der Waals surface area contributed by atoms with Crippen LogP contribution in [-0.2, 0) is 29.2 Å². The van der Waals surface area contributed by atoms with Crippen LogP contribution in [0.4, 0.5) is 0 Å². The first-order chi connectivity index (χ1) is 16.7. The van der Waals surface area contributed by atoms with Crippen molar-refractivity contribution in [3.05, 3.63) is 87.7 Å². The fraction of sp³-hybridized carbons (Fsp3) is 0.308. The molecule has 4 rings (SSSR count). The van der Waals surface area contributed by atoms with Crippen LogP contribution in [0.15, 0.2) is 54.6 Å². The Labute approximate surface area is 208 Å². The number of aromatic nitrogens is 2. The molecule has 0 saturated carbocycles. The summed E-state index contributed by atoms with van der Waals surface area (Å²) in [5.41, 5.74) is 1.85. The van der Waals surface area contributed by atoms with Crippen molar-refractivity contribution in [3.8, 4) is 0 Å². The summed E-state index contributed by atoms with van der Waals surface area (Å²) in [4.78, 5) is 41.0. The lowest BCUT2D eigenvalue weighted by Gasteiger charge is -2.43. The van der Waals surface area contributed by atoms with Crippen LogP contribution in [0.25, 0.3) is 0 Å². The molecule has 1 N–H and O–H groups in total. The van der Waals surface area contributed by atoms with Crippen LogP contribution >= 0.6 is 11.6 Å². The number of aryl methyl sites for hydroxylation is 1. The third-order valence-corrected chi connectivity index (χ3v) is 6.31. The van der Waals surface area contributed by atoms with Gasteiger partial charge in [0.05, 0.1) is 13.2 Å². The van der Waals surface area contributed by atoms with Crippen molar-refractivity contribution in [1.82, 2.24) is 20.0 Å². The fourth-order valence-corrected chi connectivity index (χ4v) is 4.29. The summed E-state index contributed by atoms with van der Waals surface area (Å²) in [6, 6.07) is 16.4. The van der Waals surface area contributed by atoms with Gasteiger partial charge in [0.1, 0.15) is 11.2 Å². The topological polar surface area (TPSA) is 93.5 Å². The molecule has 0 bridgehead atoms. The number of hydrogen-bond donors (Lipinski definition) is 1. The highest BCUT2D eigenvalue weighted by atomic mass is 35.5. The van der Waals surface area contributed by atoms with Crippen molar-refractivity contribution in [1.29, 1.82) is 0 Å². The second kappa shape index (κ2) is 9.92. The number of benzene rings is 2. The van der Waals surface area contributed by atoms with Crippen LogP contribution in [0.1, 0.15) is 51.5 Å². The highest BCUT2D eigenvalue weighted by Crippen LogP contribution is 2.30. The average molecular weight is 495 g/mol. The van der Waals surface area contributed by atoms with E-state index in [1.54, 1.807) is 30.9 Å². The van der Waals surface area contributed by atoms with Gasteiger partial charge in [0, 0.05) is 24.2 Å². The molecule has 1 aliphatic rings. The summed E-state index contributed by atoms with van der Waals surface area (Å²) in [5.74, 6) is -1.32. The second-order valence-electron chi connectivity index (χ2n) is 8.76. The summed E-state index contributed by atoms with van der Waals surface area (Å²) >= 11 is 5.96. The first kappa shape index (κ1) is 24.5. The molecule has 3 aromatic rings. The predicted octanol–water partition coefficient (Wildman–Crippen LogP) is 3.75. The lowest BCUT2D eigenvalue weighted by molar-refractivity contribution is -0.133. The number of esters is 1. The van der Waals surface area contributed by atoms with Gasteiger partial charge < -0.3 is 15.0 Å². The van der Waals surface area contributed by atoms with Gasteiger partial charge >= 0.3 is 5.97 Å². The molecule has 1 unspecified atom stereocenters. The van der Waals surface area contributed by atoms with Crippen molar-refractivity contribution >= 4 is 29.4 Å². The quantitative estimate of drug-likeness (QED) is 0.505. The van der Waals surface area contributed by atoms with E-state index in [9.17, 15) is 14.4 Å². The minimum absolute atomic E-state index is 0.0385. The molecule has 2 aromatic carbocycles. The van der Waals surface area contributed by atoms with Crippen molar-refractivity contribution in [2.24, 2.45) is 0 Å². The largest absolute Gasteiger partial charge is 0.461 e. The first-order valence-electron chi connectivity index (χ1n) is 11.4. The van der Waals surface area contributed by atoms with Crippen LogP contribution in [0.3, 0.4) is 0 Å². The zero-order chi connectivity index (χ0) is 25.2. The molecule has 8 nitrogen and oxygen atoms in total. The van der Waals surface area contributed by atoms with Crippen molar-refractivity contribution in [2.45, 2.75) is 45.9 Å². The van der Waals surface area contributed by atoms with E-state index in [0.29, 0.717) is 5.02 Å². The summed E-state index contributed by atoms with van der Waals surface area (Å²) in [5, 5.41) is 7.84. The Hall–Kier alpha value is -3.65. The Morgan fingerprint density at radius 3 is 2.57 bits per heavy atom. The van der Waals surface area contributed by atoms with Gasteiger partial charge in [-0.25, -0.2) is 4.79 Å². The van der Waals surface area contributed by atoms with Gasteiger partial charge in [0.15, 0.2) is 5.69 Å². The maximum Gasteiger partial charge on any atom is 0.358 e. The van der Waals surface area contributed by atoms with E-state index >= 15 is 0 Å². The SMILES string of the molecule is CCOC(=O)c1cc2n(n1)CC(C)(C(=O)NCc1ccc(Cl)cc1)N(Cc1cccc(C)c1)C2=O. The maximum atomic E-state index is 13.6. The van der Waals surface area contributed by atoms with E-state index in [1.165, 1.54) is 10.7 Å². The third-order valence-electron chi connectivity index (χ3n) is 6.06. The van der Waals surface area contributed by atoms with Gasteiger partial charge in [-0.15, -0.1) is 0 Å². The summed E-state index contributed by atoms with van der Waals surface area (Å²) in [7, 11) is 0. The third kappa shape index (κ3) is 5.07. The molecule has 0 saturated heterocycles. The number of rotatable bonds is 7. The number of fused-ring (bicyclic) bond motifs is 1. The minimum atomic E-state index is -1.25. The smallest absolute Gasteiger partial charge is 0.358 e. The number of nitrogens with zero attached hydrogens (tertiary/aromatic N) is 3. The van der Waals surface area contributed by atoms with E-state index in [2.05, 4.69) is 10.4 Å². The first-order valence-corrected chi connectivity index (χ1v) is 11.7. The Bertz CT molecular complexity index is 1270.